The van der Waals surface area contributed by atoms with Gasteiger partial charge in [-0.1, -0.05) is 12.8 Å². The molecule has 1 N–H and O–H groups in total. The maximum Gasteiger partial charge on any atom is 0.0331 e. The topological polar surface area (TPSA) is 15.3 Å². The number of nitrogens with zero attached hydrogens (tertiary/aromatic N) is 1. The fraction of sp³-hybridized carbons (Fsp3) is 1.00. The van der Waals surface area contributed by atoms with Gasteiger partial charge in [-0.25, -0.2) is 0 Å². The Bertz CT molecular complexity index is 161. The summed E-state index contributed by atoms with van der Waals surface area (Å²) >= 11 is 0. The van der Waals surface area contributed by atoms with Crippen LogP contribution >= 0.6 is 0 Å². The average molecular weight is 168 g/mol. The zero-order chi connectivity index (χ0) is 8.60. The van der Waals surface area contributed by atoms with E-state index in [0.717, 1.165) is 0 Å². The molecule has 2 fully saturated rings. The van der Waals surface area contributed by atoms with Gasteiger partial charge in [-0.2, -0.15) is 0 Å². The van der Waals surface area contributed by atoms with Crippen molar-refractivity contribution in [1.29, 1.82) is 0 Å². The molecule has 1 saturated carbocycles. The Hall–Kier alpha value is -0.0800. The molecule has 0 amide bonds. The Labute approximate surface area is 75.3 Å². The van der Waals surface area contributed by atoms with Crippen molar-refractivity contribution in [1.82, 2.24) is 10.2 Å². The molecule has 0 bridgehead atoms. The highest BCUT2D eigenvalue weighted by Crippen LogP contribution is 2.35. The van der Waals surface area contributed by atoms with Gasteiger partial charge in [0.25, 0.3) is 0 Å². The van der Waals surface area contributed by atoms with Gasteiger partial charge in [0, 0.05) is 24.7 Å². The van der Waals surface area contributed by atoms with E-state index in [0.29, 0.717) is 11.6 Å². The molecule has 12 heavy (non-hydrogen) atoms. The minimum atomic E-state index is 0.534. The summed E-state index contributed by atoms with van der Waals surface area (Å²) in [7, 11) is 2.29. The predicted octanol–water partition coefficient (Wildman–Crippen LogP) is 1.22. The van der Waals surface area contributed by atoms with Crippen molar-refractivity contribution >= 4 is 0 Å². The monoisotopic (exact) mass is 168 g/mol. The van der Waals surface area contributed by atoms with Crippen LogP contribution in [0.1, 0.15) is 32.6 Å². The Balaban J connectivity index is 2.05. The molecule has 0 aromatic heterocycles. The largest absolute Gasteiger partial charge is 0.311 e. The lowest BCUT2D eigenvalue weighted by molar-refractivity contribution is 0.0733. The maximum atomic E-state index is 3.60. The molecule has 1 aliphatic heterocycles. The van der Waals surface area contributed by atoms with Crippen LogP contribution in [0, 0.1) is 0 Å². The molecule has 2 nitrogen and oxygen atoms in total. The van der Waals surface area contributed by atoms with Crippen LogP contribution in [0.3, 0.4) is 0 Å². The van der Waals surface area contributed by atoms with Gasteiger partial charge in [-0.15, -0.1) is 0 Å². The lowest BCUT2D eigenvalue weighted by Crippen LogP contribution is -2.61. The molecule has 70 valence electrons. The number of hydrogen-bond donors (Lipinski definition) is 1. The first kappa shape index (κ1) is 8.52. The van der Waals surface area contributed by atoms with Gasteiger partial charge in [0.05, 0.1) is 0 Å². The third kappa shape index (κ3) is 1.27. The molecule has 1 aliphatic carbocycles. The Morgan fingerprint density at radius 2 is 2.00 bits per heavy atom. The van der Waals surface area contributed by atoms with Gasteiger partial charge < -0.3 is 5.32 Å². The number of nitrogens with one attached hydrogen (secondary N) is 1. The van der Waals surface area contributed by atoms with Crippen molar-refractivity contribution < 1.29 is 0 Å². The summed E-state index contributed by atoms with van der Waals surface area (Å²) in [5, 5.41) is 3.60. The van der Waals surface area contributed by atoms with Crippen LogP contribution in [-0.2, 0) is 0 Å². The third-order valence-corrected chi connectivity index (χ3v) is 3.67. The molecule has 1 heterocycles. The fourth-order valence-corrected chi connectivity index (χ4v) is 2.76. The molecular formula is C10H20N2. The molecule has 1 unspecified atom stereocenters. The van der Waals surface area contributed by atoms with E-state index < -0.39 is 0 Å². The SMILES string of the molecule is CC1CN(C)C2(CCCC2)CN1. The van der Waals surface area contributed by atoms with Gasteiger partial charge in [-0.3, -0.25) is 4.90 Å². The molecule has 1 saturated heterocycles. The van der Waals surface area contributed by atoms with E-state index in [9.17, 15) is 0 Å². The van der Waals surface area contributed by atoms with E-state index in [-0.39, 0.29) is 0 Å². The number of rotatable bonds is 0. The maximum absolute atomic E-state index is 3.60. The van der Waals surface area contributed by atoms with Crippen LogP contribution in [0.25, 0.3) is 0 Å². The van der Waals surface area contributed by atoms with E-state index in [1.54, 1.807) is 0 Å². The Morgan fingerprint density at radius 3 is 2.58 bits per heavy atom. The lowest BCUT2D eigenvalue weighted by atomic mass is 9.92. The molecule has 2 aliphatic rings. The molecule has 1 atom stereocenters. The molecular weight excluding hydrogens is 148 g/mol. The van der Waals surface area contributed by atoms with Crippen molar-refractivity contribution in [3.63, 3.8) is 0 Å². The quantitative estimate of drug-likeness (QED) is 0.585. The highest BCUT2D eigenvalue weighted by Gasteiger charge is 2.40. The van der Waals surface area contributed by atoms with Crippen molar-refractivity contribution in [3.05, 3.63) is 0 Å². The second-order valence-corrected chi connectivity index (χ2v) is 4.59. The van der Waals surface area contributed by atoms with Gasteiger partial charge >= 0.3 is 0 Å². The summed E-state index contributed by atoms with van der Waals surface area (Å²) in [5.41, 5.74) is 0.534. The van der Waals surface area contributed by atoms with E-state index in [1.807, 2.05) is 0 Å². The van der Waals surface area contributed by atoms with E-state index >= 15 is 0 Å². The normalized spacial score (nSPS) is 36.0. The van der Waals surface area contributed by atoms with Gasteiger partial charge in [0.1, 0.15) is 0 Å². The highest BCUT2D eigenvalue weighted by atomic mass is 15.3. The van der Waals surface area contributed by atoms with Crippen LogP contribution in [-0.4, -0.2) is 36.6 Å². The van der Waals surface area contributed by atoms with Crippen LogP contribution in [0.2, 0.25) is 0 Å². The summed E-state index contributed by atoms with van der Waals surface area (Å²) in [6.07, 6.45) is 5.67. The number of hydrogen-bond acceptors (Lipinski definition) is 2. The van der Waals surface area contributed by atoms with Crippen LogP contribution in [0.5, 0.6) is 0 Å². The summed E-state index contributed by atoms with van der Waals surface area (Å²) < 4.78 is 0. The van der Waals surface area contributed by atoms with E-state index in [4.69, 9.17) is 0 Å². The van der Waals surface area contributed by atoms with Crippen molar-refractivity contribution in [2.24, 2.45) is 0 Å². The molecule has 2 rings (SSSR count). The molecule has 0 radical (unpaired) electrons. The van der Waals surface area contributed by atoms with Crippen LogP contribution < -0.4 is 5.32 Å². The molecule has 2 heteroatoms. The fourth-order valence-electron chi connectivity index (χ4n) is 2.76. The summed E-state index contributed by atoms with van der Waals surface area (Å²) in [5.74, 6) is 0. The predicted molar refractivity (Wildman–Crippen MR) is 51.3 cm³/mol. The first-order chi connectivity index (χ1) is 5.73. The van der Waals surface area contributed by atoms with Crippen LogP contribution in [0.4, 0.5) is 0 Å². The van der Waals surface area contributed by atoms with E-state index in [1.165, 1.54) is 38.8 Å². The Morgan fingerprint density at radius 1 is 1.33 bits per heavy atom. The lowest BCUT2D eigenvalue weighted by Gasteiger charge is -2.45. The van der Waals surface area contributed by atoms with Crippen molar-refractivity contribution in [2.75, 3.05) is 20.1 Å². The molecule has 0 aromatic rings. The zero-order valence-corrected chi connectivity index (χ0v) is 8.27. The second kappa shape index (κ2) is 3.00. The van der Waals surface area contributed by atoms with Crippen LogP contribution in [0.15, 0.2) is 0 Å². The van der Waals surface area contributed by atoms with Crippen molar-refractivity contribution in [2.45, 2.75) is 44.2 Å². The summed E-state index contributed by atoms with van der Waals surface area (Å²) in [6, 6.07) is 0.682. The molecule has 1 spiro atoms. The van der Waals surface area contributed by atoms with E-state index in [2.05, 4.69) is 24.2 Å². The van der Waals surface area contributed by atoms with Crippen molar-refractivity contribution in [3.8, 4) is 0 Å². The van der Waals surface area contributed by atoms with Gasteiger partial charge in [0.15, 0.2) is 0 Å². The summed E-state index contributed by atoms with van der Waals surface area (Å²) in [6.45, 7) is 4.71. The number of piperazine rings is 1. The minimum absolute atomic E-state index is 0.534. The third-order valence-electron chi connectivity index (χ3n) is 3.67. The first-order valence-corrected chi connectivity index (χ1v) is 5.18. The minimum Gasteiger partial charge on any atom is -0.311 e. The summed E-state index contributed by atoms with van der Waals surface area (Å²) in [4.78, 5) is 2.58. The first-order valence-electron chi connectivity index (χ1n) is 5.18. The molecule has 0 aromatic carbocycles. The zero-order valence-electron chi connectivity index (χ0n) is 8.27. The smallest absolute Gasteiger partial charge is 0.0331 e. The number of likely N-dealkylation sites (N-methyl/N-ethyl adjacent to an activating group) is 1. The van der Waals surface area contributed by atoms with Gasteiger partial charge in [-0.05, 0) is 26.8 Å². The highest BCUT2D eigenvalue weighted by molar-refractivity contribution is 4.99. The Kier molecular flexibility index (Phi) is 2.13. The second-order valence-electron chi connectivity index (χ2n) is 4.59. The average Bonchev–Trinajstić information content (AvgIpc) is 2.48. The van der Waals surface area contributed by atoms with Gasteiger partial charge in [0.2, 0.25) is 0 Å². The standard InChI is InChI=1S/C10H20N2/c1-9-7-12(2)10(8-11-9)5-3-4-6-10/h9,11H,3-8H2,1-2H3.